The van der Waals surface area contributed by atoms with Gasteiger partial charge in [-0.15, -0.1) is 0 Å². The van der Waals surface area contributed by atoms with Gasteiger partial charge in [0, 0.05) is 15.1 Å². The molecule has 0 radical (unpaired) electrons. The molecule has 3 aromatic rings. The number of amidine groups is 1. The predicted octanol–water partition coefficient (Wildman–Crippen LogP) is 6.58. The van der Waals surface area contributed by atoms with Crippen molar-refractivity contribution in [3.8, 4) is 5.75 Å². The summed E-state index contributed by atoms with van der Waals surface area (Å²) in [6, 6.07) is 17.5. The summed E-state index contributed by atoms with van der Waals surface area (Å²) in [5, 5.41) is 12.9. The van der Waals surface area contributed by atoms with E-state index in [0.29, 0.717) is 26.5 Å². The van der Waals surface area contributed by atoms with Crippen molar-refractivity contribution in [3.63, 3.8) is 0 Å². The summed E-state index contributed by atoms with van der Waals surface area (Å²) in [6.07, 6.45) is 1.75. The number of carbonyl (C=O) groups excluding carboxylic acids is 1. The number of carbonyl (C=O) groups is 2. The molecule has 1 aliphatic heterocycles. The highest BCUT2D eigenvalue weighted by atomic mass is 79.9. The first-order valence-electron chi connectivity index (χ1n) is 10.1. The average Bonchev–Trinajstić information content (AvgIpc) is 3.15. The molecule has 0 spiro atoms. The standard InChI is InChI=1S/C25H18BrClN2O4S/c1-14-19(27)3-2-4-20(14)28-25-29-23(30)22(34-25)12-17-11-18(26)9-10-21(17)33-13-15-5-7-16(8-6-15)24(31)32/h2-12H,13H2,1H3,(H,31,32)(H,28,29,30)/b22-12+. The summed E-state index contributed by atoms with van der Waals surface area (Å²) in [6.45, 7) is 2.12. The molecule has 1 amide bonds. The Bertz CT molecular complexity index is 1340. The molecular weight excluding hydrogens is 540 g/mol. The Morgan fingerprint density at radius 2 is 1.97 bits per heavy atom. The van der Waals surface area contributed by atoms with Crippen molar-refractivity contribution in [3.05, 3.63) is 97.3 Å². The van der Waals surface area contributed by atoms with Gasteiger partial charge in [0.05, 0.1) is 16.2 Å². The number of thioether (sulfide) groups is 1. The van der Waals surface area contributed by atoms with Gasteiger partial charge in [-0.3, -0.25) is 4.79 Å². The Morgan fingerprint density at radius 1 is 1.21 bits per heavy atom. The molecule has 0 aromatic heterocycles. The van der Waals surface area contributed by atoms with Crippen molar-refractivity contribution in [1.29, 1.82) is 0 Å². The van der Waals surface area contributed by atoms with E-state index in [1.165, 1.54) is 23.9 Å². The van der Waals surface area contributed by atoms with Gasteiger partial charge in [-0.25, -0.2) is 9.79 Å². The molecule has 1 saturated heterocycles. The average molecular weight is 558 g/mol. The lowest BCUT2D eigenvalue weighted by atomic mass is 10.1. The van der Waals surface area contributed by atoms with Crippen LogP contribution in [-0.2, 0) is 11.4 Å². The summed E-state index contributed by atoms with van der Waals surface area (Å²) in [7, 11) is 0. The SMILES string of the molecule is Cc1c(Cl)cccc1N=C1NC(=O)/C(=C\c2cc(Br)ccc2OCc2ccc(C(=O)O)cc2)S1. The highest BCUT2D eigenvalue weighted by Gasteiger charge is 2.24. The summed E-state index contributed by atoms with van der Waals surface area (Å²) >= 11 is 10.9. The highest BCUT2D eigenvalue weighted by Crippen LogP contribution is 2.33. The largest absolute Gasteiger partial charge is 0.488 e. The molecule has 6 nitrogen and oxygen atoms in total. The van der Waals surface area contributed by atoms with Crippen LogP contribution in [0.5, 0.6) is 5.75 Å². The van der Waals surface area contributed by atoms with Gasteiger partial charge in [-0.05, 0) is 78.4 Å². The molecule has 0 unspecified atom stereocenters. The number of amides is 1. The number of nitrogens with zero attached hydrogens (tertiary/aromatic N) is 1. The van der Waals surface area contributed by atoms with Crippen molar-refractivity contribution in [2.45, 2.75) is 13.5 Å². The van der Waals surface area contributed by atoms with Crippen molar-refractivity contribution in [2.24, 2.45) is 4.99 Å². The fraction of sp³-hybridized carbons (Fsp3) is 0.0800. The van der Waals surface area contributed by atoms with E-state index < -0.39 is 5.97 Å². The molecule has 34 heavy (non-hydrogen) atoms. The number of aromatic carboxylic acids is 1. The van der Waals surface area contributed by atoms with Crippen molar-refractivity contribution >= 4 is 68.1 Å². The number of aliphatic imine (C=N–C) groups is 1. The van der Waals surface area contributed by atoms with E-state index in [2.05, 4.69) is 26.2 Å². The number of ether oxygens (including phenoxy) is 1. The Kier molecular flexibility index (Phi) is 7.41. The zero-order valence-corrected chi connectivity index (χ0v) is 21.0. The molecule has 4 rings (SSSR count). The number of hydrogen-bond donors (Lipinski definition) is 2. The van der Waals surface area contributed by atoms with Gasteiger partial charge in [0.25, 0.3) is 5.91 Å². The second-order valence-corrected chi connectivity index (χ2v) is 9.69. The topological polar surface area (TPSA) is 88.0 Å². The second kappa shape index (κ2) is 10.5. The number of nitrogens with one attached hydrogen (secondary N) is 1. The molecular formula is C25H18BrClN2O4S. The van der Waals surface area contributed by atoms with Crippen LogP contribution in [-0.4, -0.2) is 22.2 Å². The van der Waals surface area contributed by atoms with Gasteiger partial charge in [0.1, 0.15) is 12.4 Å². The lowest BCUT2D eigenvalue weighted by molar-refractivity contribution is -0.115. The molecule has 3 aromatic carbocycles. The molecule has 0 aliphatic carbocycles. The molecule has 0 bridgehead atoms. The van der Waals surface area contributed by atoms with Crippen LogP contribution in [0.4, 0.5) is 5.69 Å². The van der Waals surface area contributed by atoms with Crippen LogP contribution in [0, 0.1) is 6.92 Å². The maximum absolute atomic E-state index is 12.6. The molecule has 1 aliphatic rings. The first-order chi connectivity index (χ1) is 16.3. The smallest absolute Gasteiger partial charge is 0.335 e. The van der Waals surface area contributed by atoms with Crippen LogP contribution in [0.1, 0.15) is 27.0 Å². The quantitative estimate of drug-likeness (QED) is 0.334. The lowest BCUT2D eigenvalue weighted by Gasteiger charge is -2.10. The minimum Gasteiger partial charge on any atom is -0.488 e. The summed E-state index contributed by atoms with van der Waals surface area (Å²) in [4.78, 5) is 28.6. The van der Waals surface area contributed by atoms with Gasteiger partial charge in [-0.1, -0.05) is 45.7 Å². The van der Waals surface area contributed by atoms with E-state index in [-0.39, 0.29) is 18.1 Å². The molecule has 0 saturated carbocycles. The fourth-order valence-corrected chi connectivity index (χ4v) is 4.49. The summed E-state index contributed by atoms with van der Waals surface area (Å²) in [5.74, 6) is -0.642. The second-order valence-electron chi connectivity index (χ2n) is 7.34. The number of benzene rings is 3. The number of carboxylic acid groups (broad SMARTS) is 1. The molecule has 1 fully saturated rings. The Balaban J connectivity index is 1.55. The van der Waals surface area contributed by atoms with Crippen molar-refractivity contribution in [2.75, 3.05) is 0 Å². The molecule has 172 valence electrons. The predicted molar refractivity (Wildman–Crippen MR) is 139 cm³/mol. The zero-order valence-electron chi connectivity index (χ0n) is 17.8. The van der Waals surface area contributed by atoms with Crippen LogP contribution in [0.15, 0.2) is 75.0 Å². The third-order valence-corrected chi connectivity index (χ3v) is 6.78. The van der Waals surface area contributed by atoms with Crippen molar-refractivity contribution < 1.29 is 19.4 Å². The molecule has 0 atom stereocenters. The number of halogens is 2. The third kappa shape index (κ3) is 5.70. The van der Waals surface area contributed by atoms with Crippen LogP contribution >= 0.6 is 39.3 Å². The number of hydrogen-bond acceptors (Lipinski definition) is 5. The molecule has 1 heterocycles. The van der Waals surface area contributed by atoms with E-state index in [4.69, 9.17) is 21.4 Å². The van der Waals surface area contributed by atoms with Crippen LogP contribution in [0.2, 0.25) is 5.02 Å². The van der Waals surface area contributed by atoms with Crippen LogP contribution in [0.25, 0.3) is 6.08 Å². The van der Waals surface area contributed by atoms with Gasteiger partial charge >= 0.3 is 5.97 Å². The molecule has 9 heteroatoms. The zero-order chi connectivity index (χ0) is 24.2. The van der Waals surface area contributed by atoms with Gasteiger partial charge in [0.15, 0.2) is 5.17 Å². The molecule has 2 N–H and O–H groups in total. The Labute approximate surface area is 213 Å². The van der Waals surface area contributed by atoms with Crippen LogP contribution in [0.3, 0.4) is 0 Å². The van der Waals surface area contributed by atoms with E-state index >= 15 is 0 Å². The summed E-state index contributed by atoms with van der Waals surface area (Å²) in [5.41, 5.74) is 3.28. The minimum atomic E-state index is -0.977. The van der Waals surface area contributed by atoms with E-state index in [1.807, 2.05) is 37.3 Å². The fourth-order valence-electron chi connectivity index (χ4n) is 3.12. The van der Waals surface area contributed by atoms with Crippen LogP contribution < -0.4 is 10.1 Å². The minimum absolute atomic E-state index is 0.215. The lowest BCUT2D eigenvalue weighted by Crippen LogP contribution is -2.19. The number of rotatable bonds is 6. The maximum atomic E-state index is 12.6. The van der Waals surface area contributed by atoms with Crippen molar-refractivity contribution in [1.82, 2.24) is 5.32 Å². The van der Waals surface area contributed by atoms with E-state index in [1.54, 1.807) is 24.3 Å². The van der Waals surface area contributed by atoms with Gasteiger partial charge < -0.3 is 15.2 Å². The number of carboxylic acids is 1. The Morgan fingerprint density at radius 3 is 2.71 bits per heavy atom. The monoisotopic (exact) mass is 556 g/mol. The maximum Gasteiger partial charge on any atom is 0.335 e. The third-order valence-electron chi connectivity index (χ3n) is 4.97. The highest BCUT2D eigenvalue weighted by molar-refractivity contribution is 9.10. The van der Waals surface area contributed by atoms with E-state index in [0.717, 1.165) is 21.2 Å². The first-order valence-corrected chi connectivity index (χ1v) is 12.1. The van der Waals surface area contributed by atoms with E-state index in [9.17, 15) is 9.59 Å². The van der Waals surface area contributed by atoms with Gasteiger partial charge in [-0.2, -0.15) is 0 Å². The normalized spacial score (nSPS) is 15.6. The first kappa shape index (κ1) is 24.1. The van der Waals surface area contributed by atoms with Gasteiger partial charge in [0.2, 0.25) is 0 Å². The summed E-state index contributed by atoms with van der Waals surface area (Å²) < 4.78 is 6.81. The Hall–Kier alpha value is -3.07.